The van der Waals surface area contributed by atoms with Crippen LogP contribution in [-0.2, 0) is 22.4 Å². The second-order valence-corrected chi connectivity index (χ2v) is 7.90. The topological polar surface area (TPSA) is 110 Å². The molecule has 0 radical (unpaired) electrons. The highest BCUT2D eigenvalue weighted by molar-refractivity contribution is 5.96. The Balaban J connectivity index is 1.52. The zero-order valence-electron chi connectivity index (χ0n) is 17.8. The minimum Gasteiger partial charge on any atom is -0.480 e. The molecule has 0 bridgehead atoms. The van der Waals surface area contributed by atoms with E-state index >= 15 is 0 Å². The van der Waals surface area contributed by atoms with Crippen molar-refractivity contribution in [3.63, 3.8) is 0 Å². The summed E-state index contributed by atoms with van der Waals surface area (Å²) in [6.07, 6.45) is 1.95. The molecule has 0 aliphatic rings. The number of hydrogen-bond donors (Lipinski definition) is 2. The van der Waals surface area contributed by atoms with Gasteiger partial charge in [0.25, 0.3) is 0 Å². The first kappa shape index (κ1) is 21.4. The molecular formula is C25H23NO6. The van der Waals surface area contributed by atoms with Crippen molar-refractivity contribution in [2.75, 3.05) is 0 Å². The van der Waals surface area contributed by atoms with Gasteiger partial charge in [-0.2, -0.15) is 0 Å². The van der Waals surface area contributed by atoms with Crippen LogP contribution in [0.2, 0.25) is 0 Å². The van der Waals surface area contributed by atoms with Crippen LogP contribution >= 0.6 is 0 Å². The summed E-state index contributed by atoms with van der Waals surface area (Å²) in [6, 6.07) is 11.7. The molecule has 0 saturated heterocycles. The normalized spacial score (nSPS) is 12.2. The lowest BCUT2D eigenvalue weighted by atomic mass is 10.0. The lowest BCUT2D eigenvalue weighted by Crippen LogP contribution is -2.42. The van der Waals surface area contributed by atoms with Gasteiger partial charge in [0.05, 0.1) is 6.26 Å². The minimum atomic E-state index is -1.11. The zero-order valence-corrected chi connectivity index (χ0v) is 17.8. The number of hydrogen-bond acceptors (Lipinski definition) is 5. The number of aliphatic carboxylic acids is 1. The number of furan rings is 1. The maximum atomic E-state index is 12.6. The Kier molecular flexibility index (Phi) is 5.81. The van der Waals surface area contributed by atoms with Crippen molar-refractivity contribution in [1.82, 2.24) is 5.32 Å². The molecule has 1 amide bonds. The summed E-state index contributed by atoms with van der Waals surface area (Å²) in [7, 11) is 0. The first-order valence-corrected chi connectivity index (χ1v) is 10.3. The van der Waals surface area contributed by atoms with Crippen molar-refractivity contribution in [3.8, 4) is 0 Å². The van der Waals surface area contributed by atoms with E-state index < -0.39 is 23.5 Å². The summed E-state index contributed by atoms with van der Waals surface area (Å²) in [5.41, 5.74) is 3.50. The maximum absolute atomic E-state index is 12.6. The second-order valence-electron chi connectivity index (χ2n) is 7.90. The molecular weight excluding hydrogens is 410 g/mol. The average Bonchev–Trinajstić information content (AvgIpc) is 3.12. The first-order valence-electron chi connectivity index (χ1n) is 10.3. The molecule has 2 aromatic heterocycles. The van der Waals surface area contributed by atoms with Gasteiger partial charge in [0.15, 0.2) is 0 Å². The van der Waals surface area contributed by atoms with Gasteiger partial charge in [-0.1, -0.05) is 30.3 Å². The Hall–Kier alpha value is -3.87. The van der Waals surface area contributed by atoms with E-state index in [4.69, 9.17) is 8.83 Å². The standard InChI is InChI=1S/C25H23NO6/c1-14-13-31-21-12-22-19(11-18(14)21)15(2)17(25(30)32-22)8-9-23(27)26-20(24(28)29)10-16-6-4-3-5-7-16/h3-7,11-13,20H,8-10H2,1-2H3,(H,26,27)(H,28,29)/t20-/m0/s1. The molecule has 2 heterocycles. The van der Waals surface area contributed by atoms with Crippen molar-refractivity contribution in [2.24, 2.45) is 0 Å². The summed E-state index contributed by atoms with van der Waals surface area (Å²) in [4.78, 5) is 36.6. The molecule has 2 aromatic carbocycles. The summed E-state index contributed by atoms with van der Waals surface area (Å²) in [5.74, 6) is -1.54. The molecule has 0 saturated carbocycles. The fraction of sp³-hybridized carbons (Fsp3) is 0.240. The van der Waals surface area contributed by atoms with Crippen LogP contribution in [-0.4, -0.2) is 23.0 Å². The van der Waals surface area contributed by atoms with E-state index in [1.807, 2.05) is 50.2 Å². The third-order valence-electron chi connectivity index (χ3n) is 5.69. The summed E-state index contributed by atoms with van der Waals surface area (Å²) >= 11 is 0. The molecule has 7 nitrogen and oxygen atoms in total. The fourth-order valence-electron chi connectivity index (χ4n) is 3.88. The number of carboxylic acids is 1. The van der Waals surface area contributed by atoms with Gasteiger partial charge in [-0.15, -0.1) is 0 Å². The van der Waals surface area contributed by atoms with Crippen LogP contribution in [0, 0.1) is 13.8 Å². The number of nitrogens with one attached hydrogen (secondary N) is 1. The number of amides is 1. The number of aryl methyl sites for hydroxylation is 2. The minimum absolute atomic E-state index is 0.0251. The van der Waals surface area contributed by atoms with E-state index in [1.54, 1.807) is 12.3 Å². The second kappa shape index (κ2) is 8.70. The number of benzene rings is 2. The van der Waals surface area contributed by atoms with Gasteiger partial charge in [-0.25, -0.2) is 9.59 Å². The molecule has 4 rings (SSSR count). The molecule has 1 atom stereocenters. The molecule has 32 heavy (non-hydrogen) atoms. The molecule has 7 heteroatoms. The van der Waals surface area contributed by atoms with Gasteiger partial charge in [0, 0.05) is 35.2 Å². The Bertz CT molecular complexity index is 1370. The number of carbonyl (C=O) groups excluding carboxylic acids is 1. The van der Waals surface area contributed by atoms with Gasteiger partial charge < -0.3 is 19.3 Å². The summed E-state index contributed by atoms with van der Waals surface area (Å²) in [6.45, 7) is 3.76. The van der Waals surface area contributed by atoms with Crippen molar-refractivity contribution in [3.05, 3.63) is 81.4 Å². The molecule has 0 unspecified atom stereocenters. The lowest BCUT2D eigenvalue weighted by molar-refractivity contribution is -0.141. The highest BCUT2D eigenvalue weighted by Gasteiger charge is 2.21. The van der Waals surface area contributed by atoms with Crippen LogP contribution in [0.3, 0.4) is 0 Å². The Morgan fingerprint density at radius 2 is 1.81 bits per heavy atom. The number of rotatable bonds is 7. The quantitative estimate of drug-likeness (QED) is 0.428. The molecule has 0 aliphatic heterocycles. The van der Waals surface area contributed by atoms with E-state index in [9.17, 15) is 19.5 Å². The first-order chi connectivity index (χ1) is 15.3. The highest BCUT2D eigenvalue weighted by atomic mass is 16.4. The maximum Gasteiger partial charge on any atom is 0.339 e. The predicted molar refractivity (Wildman–Crippen MR) is 120 cm³/mol. The van der Waals surface area contributed by atoms with Gasteiger partial charge >= 0.3 is 11.6 Å². The third kappa shape index (κ3) is 4.27. The van der Waals surface area contributed by atoms with E-state index in [1.165, 1.54) is 0 Å². The van der Waals surface area contributed by atoms with E-state index in [0.29, 0.717) is 16.7 Å². The largest absolute Gasteiger partial charge is 0.480 e. The van der Waals surface area contributed by atoms with Crippen LogP contribution < -0.4 is 10.9 Å². The van der Waals surface area contributed by atoms with Crippen LogP contribution in [0.4, 0.5) is 0 Å². The Morgan fingerprint density at radius 1 is 1.06 bits per heavy atom. The molecule has 2 N–H and O–H groups in total. The van der Waals surface area contributed by atoms with E-state index in [-0.39, 0.29) is 19.3 Å². The molecule has 0 aliphatic carbocycles. The van der Waals surface area contributed by atoms with Crippen molar-refractivity contribution in [2.45, 2.75) is 39.2 Å². The smallest absolute Gasteiger partial charge is 0.339 e. The predicted octanol–water partition coefficient (Wildman–Crippen LogP) is 3.90. The van der Waals surface area contributed by atoms with E-state index in [0.717, 1.165) is 27.5 Å². The molecule has 4 aromatic rings. The van der Waals surface area contributed by atoms with Crippen LogP contribution in [0.1, 0.15) is 28.7 Å². The molecule has 0 fully saturated rings. The Morgan fingerprint density at radius 3 is 2.53 bits per heavy atom. The third-order valence-corrected chi connectivity index (χ3v) is 5.69. The SMILES string of the molecule is Cc1coc2cc3oc(=O)c(CCC(=O)N[C@@H](Cc4ccccc4)C(=O)O)c(C)c3cc12. The van der Waals surface area contributed by atoms with Crippen molar-refractivity contribution < 1.29 is 23.5 Å². The zero-order chi connectivity index (χ0) is 22.8. The van der Waals surface area contributed by atoms with Crippen LogP contribution in [0.15, 0.2) is 62.4 Å². The van der Waals surface area contributed by atoms with Gasteiger partial charge in [-0.3, -0.25) is 4.79 Å². The highest BCUT2D eigenvalue weighted by Crippen LogP contribution is 2.29. The molecule has 164 valence electrons. The average molecular weight is 433 g/mol. The number of carboxylic acid groups (broad SMARTS) is 1. The number of carbonyl (C=O) groups is 2. The summed E-state index contributed by atoms with van der Waals surface area (Å²) < 4.78 is 11.0. The van der Waals surface area contributed by atoms with Crippen LogP contribution in [0.25, 0.3) is 21.9 Å². The lowest BCUT2D eigenvalue weighted by Gasteiger charge is -2.15. The van der Waals surface area contributed by atoms with Gasteiger partial charge in [0.1, 0.15) is 17.2 Å². The fourth-order valence-corrected chi connectivity index (χ4v) is 3.88. The van der Waals surface area contributed by atoms with Gasteiger partial charge in [-0.05, 0) is 43.0 Å². The van der Waals surface area contributed by atoms with Gasteiger partial charge in [0.2, 0.25) is 5.91 Å². The number of fused-ring (bicyclic) bond motifs is 2. The monoisotopic (exact) mass is 433 g/mol. The van der Waals surface area contributed by atoms with Crippen molar-refractivity contribution in [1.29, 1.82) is 0 Å². The summed E-state index contributed by atoms with van der Waals surface area (Å²) in [5, 5.41) is 13.8. The Labute approximate surface area is 183 Å². The van der Waals surface area contributed by atoms with Crippen molar-refractivity contribution >= 4 is 33.8 Å². The molecule has 0 spiro atoms. The van der Waals surface area contributed by atoms with E-state index in [2.05, 4.69) is 5.32 Å². The van der Waals surface area contributed by atoms with Crippen LogP contribution in [0.5, 0.6) is 0 Å².